The van der Waals surface area contributed by atoms with Gasteiger partial charge < -0.3 is 0 Å². The average molecular weight is 116 g/mol. The van der Waals surface area contributed by atoms with Gasteiger partial charge in [-0.2, -0.15) is 5.26 Å². The Kier molecular flexibility index (Phi) is 0.790. The first-order chi connectivity index (χ1) is 3.27. The molecule has 0 N–H and O–H groups in total. The highest BCUT2D eigenvalue weighted by Crippen LogP contribution is 2.10. The van der Waals surface area contributed by atoms with Crippen LogP contribution in [0.2, 0.25) is 0 Å². The lowest BCUT2D eigenvalue weighted by Gasteiger charge is -1.62. The van der Waals surface area contributed by atoms with Crippen molar-refractivity contribution in [2.45, 2.75) is 0 Å². The van der Waals surface area contributed by atoms with Gasteiger partial charge in [0.05, 0.1) is 9.73 Å². The summed E-state index contributed by atoms with van der Waals surface area (Å²) in [5.41, 5.74) is 0. The van der Waals surface area contributed by atoms with E-state index in [1.54, 1.807) is 0 Å². The van der Waals surface area contributed by atoms with E-state index in [0.29, 0.717) is 11.5 Å². The van der Waals surface area contributed by atoms with Gasteiger partial charge in [0.15, 0.2) is 0 Å². The Bertz CT molecular complexity index is 208. The molecule has 3 nitrogen and oxygen atoms in total. The van der Waals surface area contributed by atoms with E-state index in [1.165, 1.54) is 6.19 Å². The summed E-state index contributed by atoms with van der Waals surface area (Å²) in [7, 11) is -1.91. The van der Waals surface area contributed by atoms with Crippen LogP contribution in [-0.4, -0.2) is 15.7 Å². The van der Waals surface area contributed by atoms with Gasteiger partial charge in [0.25, 0.3) is 0 Å². The van der Waals surface area contributed by atoms with Crippen molar-refractivity contribution in [3.05, 3.63) is 0 Å². The quantitative estimate of drug-likeness (QED) is 0.329. The summed E-state index contributed by atoms with van der Waals surface area (Å²) in [6.07, 6.45) is 1.52. The molecule has 4 heteroatoms. The van der Waals surface area contributed by atoms with Gasteiger partial charge in [-0.1, -0.05) is 0 Å². The first kappa shape index (κ1) is 4.60. The van der Waals surface area contributed by atoms with E-state index < -0.39 is 9.73 Å². The second kappa shape index (κ2) is 1.20. The first-order valence-electron chi connectivity index (χ1n) is 1.87. The van der Waals surface area contributed by atoms with Crippen molar-refractivity contribution in [2.75, 3.05) is 11.5 Å². The zero-order valence-electron chi connectivity index (χ0n) is 3.63. The highest BCUT2D eigenvalue weighted by Gasteiger charge is 2.23. The summed E-state index contributed by atoms with van der Waals surface area (Å²) in [5.74, 6) is 1.25. The number of nitriles is 1. The molecule has 1 heterocycles. The predicted octanol–water partition coefficient (Wildman–Crippen LogP) is -0.0509. The molecule has 1 rings (SSSR count). The van der Waals surface area contributed by atoms with Gasteiger partial charge in [-0.3, -0.25) is 0 Å². The fourth-order valence-electron chi connectivity index (χ4n) is 0.237. The smallest absolute Gasteiger partial charge is 0.214 e. The maximum atomic E-state index is 10.5. The minimum atomic E-state index is -1.91. The Hall–Kier alpha value is -0.560. The van der Waals surface area contributed by atoms with Gasteiger partial charge in [0.2, 0.25) is 6.19 Å². The Morgan fingerprint density at radius 1 is 1.71 bits per heavy atom. The lowest BCUT2D eigenvalue weighted by molar-refractivity contribution is 0.689. The zero-order valence-corrected chi connectivity index (χ0v) is 4.44. The van der Waals surface area contributed by atoms with Gasteiger partial charge in [0, 0.05) is 11.5 Å². The fourth-order valence-corrected chi connectivity index (χ4v) is 1.14. The molecular weight excluding hydrogens is 112 g/mol. The molecule has 1 saturated heterocycles. The van der Waals surface area contributed by atoms with Gasteiger partial charge in [-0.05, 0) is 0 Å². The van der Waals surface area contributed by atoms with Crippen LogP contribution in [0.4, 0.5) is 0 Å². The van der Waals surface area contributed by atoms with E-state index in [0.717, 1.165) is 0 Å². The number of hydrogen-bond acceptors (Lipinski definition) is 3. The number of nitrogens with zero attached hydrogens (tertiary/aromatic N) is 2. The van der Waals surface area contributed by atoms with Crippen LogP contribution in [0.5, 0.6) is 0 Å². The number of rotatable bonds is 0. The summed E-state index contributed by atoms with van der Waals surface area (Å²) < 4.78 is 13.7. The Balaban J connectivity index is 2.96. The largest absolute Gasteiger partial charge is 0.249 e. The monoisotopic (exact) mass is 116 g/mol. The van der Waals surface area contributed by atoms with Crippen LogP contribution < -0.4 is 0 Å². The Labute approximate surface area is 42.1 Å². The summed E-state index contributed by atoms with van der Waals surface area (Å²) in [5, 5.41) is 7.85. The third-order valence-corrected chi connectivity index (χ3v) is 2.28. The molecule has 0 bridgehead atoms. The summed E-state index contributed by atoms with van der Waals surface area (Å²) in [6.45, 7) is 0. The van der Waals surface area contributed by atoms with Gasteiger partial charge in [-0.25, -0.2) is 4.21 Å². The van der Waals surface area contributed by atoms with E-state index in [4.69, 9.17) is 5.26 Å². The SMILES string of the molecule is N#CN=S1(=O)CC1. The second-order valence-corrected chi connectivity index (χ2v) is 3.92. The van der Waals surface area contributed by atoms with Gasteiger partial charge >= 0.3 is 0 Å². The van der Waals surface area contributed by atoms with E-state index in [1.807, 2.05) is 0 Å². The lowest BCUT2D eigenvalue weighted by atomic mass is 11.0. The van der Waals surface area contributed by atoms with Crippen LogP contribution in [0.15, 0.2) is 4.36 Å². The van der Waals surface area contributed by atoms with Crippen LogP contribution in [0, 0.1) is 11.5 Å². The molecule has 0 amide bonds. The van der Waals surface area contributed by atoms with Gasteiger partial charge in [-0.15, -0.1) is 4.36 Å². The zero-order chi connectivity index (χ0) is 5.33. The summed E-state index contributed by atoms with van der Waals surface area (Å²) in [6, 6.07) is 0. The van der Waals surface area contributed by atoms with Crippen molar-refractivity contribution in [1.82, 2.24) is 0 Å². The number of hydrogen-bond donors (Lipinski definition) is 0. The molecule has 0 saturated carbocycles. The molecule has 0 aromatic rings. The predicted molar refractivity (Wildman–Crippen MR) is 25.9 cm³/mol. The Morgan fingerprint density at radius 3 is 2.43 bits per heavy atom. The second-order valence-electron chi connectivity index (χ2n) is 1.37. The van der Waals surface area contributed by atoms with Crippen LogP contribution in [-0.2, 0) is 9.73 Å². The van der Waals surface area contributed by atoms with Crippen molar-refractivity contribution in [2.24, 2.45) is 4.36 Å². The van der Waals surface area contributed by atoms with Crippen LogP contribution in [0.3, 0.4) is 0 Å². The third kappa shape index (κ3) is 0.904. The third-order valence-electron chi connectivity index (χ3n) is 0.761. The van der Waals surface area contributed by atoms with Gasteiger partial charge in [0.1, 0.15) is 0 Å². The maximum absolute atomic E-state index is 10.5. The van der Waals surface area contributed by atoms with Crippen molar-refractivity contribution < 1.29 is 4.21 Å². The Morgan fingerprint density at radius 2 is 2.29 bits per heavy atom. The van der Waals surface area contributed by atoms with Crippen molar-refractivity contribution in [3.8, 4) is 6.19 Å². The van der Waals surface area contributed by atoms with Crippen LogP contribution in [0.1, 0.15) is 0 Å². The molecule has 1 aliphatic heterocycles. The minimum absolute atomic E-state index is 0.626. The molecule has 0 radical (unpaired) electrons. The average Bonchev–Trinajstić information content (AvgIpc) is 2.22. The molecule has 0 aromatic heterocycles. The highest BCUT2D eigenvalue weighted by atomic mass is 32.2. The fraction of sp³-hybridized carbons (Fsp3) is 0.667. The summed E-state index contributed by atoms with van der Waals surface area (Å²) in [4.78, 5) is 0. The molecule has 1 aliphatic rings. The molecular formula is C3H4N2OS. The van der Waals surface area contributed by atoms with E-state index in [-0.39, 0.29) is 0 Å². The molecule has 0 aliphatic carbocycles. The molecule has 0 unspecified atom stereocenters. The molecule has 0 spiro atoms. The van der Waals surface area contributed by atoms with E-state index >= 15 is 0 Å². The van der Waals surface area contributed by atoms with Crippen molar-refractivity contribution in [3.63, 3.8) is 0 Å². The van der Waals surface area contributed by atoms with Crippen LogP contribution in [0.25, 0.3) is 0 Å². The van der Waals surface area contributed by atoms with Crippen molar-refractivity contribution >= 4 is 9.73 Å². The van der Waals surface area contributed by atoms with Crippen molar-refractivity contribution in [1.29, 1.82) is 5.26 Å². The molecule has 38 valence electrons. The topological polar surface area (TPSA) is 53.2 Å². The molecule has 0 atom stereocenters. The normalized spacial score (nSPS) is 22.7. The van der Waals surface area contributed by atoms with E-state index in [9.17, 15) is 4.21 Å². The molecule has 7 heavy (non-hydrogen) atoms. The first-order valence-corrected chi connectivity index (χ1v) is 3.73. The summed E-state index contributed by atoms with van der Waals surface area (Å²) >= 11 is 0. The minimum Gasteiger partial charge on any atom is -0.249 e. The lowest BCUT2D eigenvalue weighted by Crippen LogP contribution is -1.64. The standard InChI is InChI=1S/C3H4N2OS/c4-3-5-7(6)1-2-7/h1-2H2. The van der Waals surface area contributed by atoms with E-state index in [2.05, 4.69) is 4.36 Å². The maximum Gasteiger partial charge on any atom is 0.214 e. The highest BCUT2D eigenvalue weighted by molar-refractivity contribution is 8.00. The van der Waals surface area contributed by atoms with Crippen LogP contribution >= 0.6 is 0 Å². The molecule has 1 fully saturated rings. The molecule has 0 aromatic carbocycles.